The molecule has 98 valence electrons. The molecule has 3 nitrogen and oxygen atoms in total. The summed E-state index contributed by atoms with van der Waals surface area (Å²) in [6, 6.07) is 4.95. The van der Waals surface area contributed by atoms with Crippen molar-refractivity contribution < 1.29 is 0 Å². The summed E-state index contributed by atoms with van der Waals surface area (Å²) in [6.07, 6.45) is 9.22. The molecule has 0 radical (unpaired) electrons. The maximum absolute atomic E-state index is 4.20. The molecule has 2 aliphatic rings. The third kappa shape index (κ3) is 3.09. The van der Waals surface area contributed by atoms with Crippen LogP contribution in [0.1, 0.15) is 37.2 Å². The van der Waals surface area contributed by atoms with Crippen molar-refractivity contribution in [1.82, 2.24) is 15.6 Å². The molecule has 0 spiro atoms. The van der Waals surface area contributed by atoms with Gasteiger partial charge in [-0.3, -0.25) is 4.98 Å². The highest BCUT2D eigenvalue weighted by Crippen LogP contribution is 2.40. The van der Waals surface area contributed by atoms with Gasteiger partial charge >= 0.3 is 0 Å². The van der Waals surface area contributed by atoms with Crippen molar-refractivity contribution in [3.05, 3.63) is 30.1 Å². The highest BCUT2D eigenvalue weighted by Gasteiger charge is 2.37. The fourth-order valence-corrected chi connectivity index (χ4v) is 3.03. The first-order valence-electron chi connectivity index (χ1n) is 7.27. The van der Waals surface area contributed by atoms with Crippen LogP contribution in [0.25, 0.3) is 0 Å². The van der Waals surface area contributed by atoms with Gasteiger partial charge in [-0.2, -0.15) is 0 Å². The zero-order valence-corrected chi connectivity index (χ0v) is 10.9. The van der Waals surface area contributed by atoms with E-state index in [9.17, 15) is 0 Å². The number of nitrogens with one attached hydrogen (secondary N) is 2. The van der Waals surface area contributed by atoms with Crippen LogP contribution >= 0.6 is 0 Å². The maximum Gasteiger partial charge on any atom is 0.0303 e. The Morgan fingerprint density at radius 2 is 2.22 bits per heavy atom. The van der Waals surface area contributed by atoms with Crippen molar-refractivity contribution in [2.75, 3.05) is 19.6 Å². The van der Waals surface area contributed by atoms with E-state index in [1.807, 2.05) is 18.5 Å². The summed E-state index contributed by atoms with van der Waals surface area (Å²) in [5.41, 5.74) is 1.40. The molecule has 2 heterocycles. The lowest BCUT2D eigenvalue weighted by Crippen LogP contribution is -2.30. The van der Waals surface area contributed by atoms with Gasteiger partial charge in [-0.05, 0) is 62.9 Å². The molecule has 1 aromatic rings. The minimum absolute atomic E-state index is 0.705. The molecule has 1 aliphatic carbocycles. The second-order valence-electron chi connectivity index (χ2n) is 5.67. The van der Waals surface area contributed by atoms with Crippen molar-refractivity contribution >= 4 is 0 Å². The molecular formula is C15H23N3. The van der Waals surface area contributed by atoms with E-state index in [1.165, 1.54) is 50.9 Å². The van der Waals surface area contributed by atoms with E-state index in [1.54, 1.807) is 0 Å². The topological polar surface area (TPSA) is 37.0 Å². The zero-order valence-electron chi connectivity index (χ0n) is 10.9. The fourth-order valence-electron chi connectivity index (χ4n) is 3.03. The zero-order chi connectivity index (χ0) is 12.2. The highest BCUT2D eigenvalue weighted by atomic mass is 15.0. The minimum Gasteiger partial charge on any atom is -0.317 e. The van der Waals surface area contributed by atoms with Crippen molar-refractivity contribution in [2.45, 2.75) is 37.6 Å². The van der Waals surface area contributed by atoms with Crippen LogP contribution in [0.4, 0.5) is 0 Å². The first-order valence-corrected chi connectivity index (χ1v) is 7.27. The maximum atomic E-state index is 4.20. The molecule has 1 aliphatic heterocycles. The lowest BCUT2D eigenvalue weighted by molar-refractivity contribution is 0.347. The lowest BCUT2D eigenvalue weighted by Gasteiger charge is -2.22. The first kappa shape index (κ1) is 12.1. The van der Waals surface area contributed by atoms with Gasteiger partial charge in [-0.25, -0.2) is 0 Å². The van der Waals surface area contributed by atoms with Gasteiger partial charge in [0.05, 0.1) is 0 Å². The second-order valence-corrected chi connectivity index (χ2v) is 5.67. The van der Waals surface area contributed by atoms with Crippen LogP contribution in [-0.4, -0.2) is 30.7 Å². The highest BCUT2D eigenvalue weighted by molar-refractivity contribution is 5.24. The summed E-state index contributed by atoms with van der Waals surface area (Å²) < 4.78 is 0. The second kappa shape index (κ2) is 5.81. The summed E-state index contributed by atoms with van der Waals surface area (Å²) in [5, 5.41) is 7.13. The minimum atomic E-state index is 0.705. The molecule has 0 aromatic carbocycles. The van der Waals surface area contributed by atoms with E-state index in [4.69, 9.17) is 0 Å². The molecule has 3 heteroatoms. The Labute approximate surface area is 109 Å². The van der Waals surface area contributed by atoms with Crippen molar-refractivity contribution in [2.24, 2.45) is 5.92 Å². The van der Waals surface area contributed by atoms with E-state index in [0.29, 0.717) is 12.0 Å². The van der Waals surface area contributed by atoms with Gasteiger partial charge in [0, 0.05) is 24.4 Å². The largest absolute Gasteiger partial charge is 0.317 e. The van der Waals surface area contributed by atoms with Gasteiger partial charge in [-0.15, -0.1) is 0 Å². The molecule has 18 heavy (non-hydrogen) atoms. The van der Waals surface area contributed by atoms with Crippen molar-refractivity contribution in [3.63, 3.8) is 0 Å². The van der Waals surface area contributed by atoms with Gasteiger partial charge in [0.15, 0.2) is 0 Å². The number of pyridine rings is 1. The molecule has 3 rings (SSSR count). The number of aromatic nitrogens is 1. The predicted octanol–water partition coefficient (Wildman–Crippen LogP) is 1.92. The number of hydrogen-bond acceptors (Lipinski definition) is 3. The number of rotatable bonds is 5. The normalized spacial score (nSPS) is 28.2. The molecule has 1 saturated carbocycles. The number of hydrogen-bond donors (Lipinski definition) is 2. The average molecular weight is 245 g/mol. The molecule has 2 N–H and O–H groups in total. The molecule has 0 bridgehead atoms. The molecule has 1 unspecified atom stereocenters. The van der Waals surface area contributed by atoms with Crippen LogP contribution in [0.5, 0.6) is 0 Å². The van der Waals surface area contributed by atoms with Gasteiger partial charge in [0.2, 0.25) is 0 Å². The van der Waals surface area contributed by atoms with Crippen molar-refractivity contribution in [1.29, 1.82) is 0 Å². The van der Waals surface area contributed by atoms with Gasteiger partial charge in [0.25, 0.3) is 0 Å². The lowest BCUT2D eigenvalue weighted by atomic mass is 9.95. The molecule has 0 amide bonds. The standard InChI is InChI=1S/C15H23N3/c1-2-13(11-17-6-1)14-10-15(14)18-9-5-12-3-7-16-8-4-12/h1-2,6,11-12,14-16,18H,3-5,7-10H2/t14?,15-/m0/s1. The average Bonchev–Trinajstić information content (AvgIpc) is 3.21. The van der Waals surface area contributed by atoms with E-state index in [0.717, 1.165) is 5.92 Å². The van der Waals surface area contributed by atoms with Crippen LogP contribution < -0.4 is 10.6 Å². The van der Waals surface area contributed by atoms with Gasteiger partial charge in [-0.1, -0.05) is 6.07 Å². The SMILES string of the molecule is c1cncc(C2C[C@@H]2NCCC2CCNCC2)c1. The van der Waals surface area contributed by atoms with Gasteiger partial charge in [0.1, 0.15) is 0 Å². The summed E-state index contributed by atoms with van der Waals surface area (Å²) in [5.74, 6) is 1.65. The van der Waals surface area contributed by atoms with Crippen LogP contribution in [0, 0.1) is 5.92 Å². The Morgan fingerprint density at radius 1 is 1.33 bits per heavy atom. The molecule has 1 saturated heterocycles. The Morgan fingerprint density at radius 3 is 3.00 bits per heavy atom. The van der Waals surface area contributed by atoms with E-state index in [-0.39, 0.29) is 0 Å². The summed E-state index contributed by atoms with van der Waals surface area (Å²) in [4.78, 5) is 4.20. The third-order valence-corrected chi connectivity index (χ3v) is 4.32. The van der Waals surface area contributed by atoms with Crippen LogP contribution in [0.2, 0.25) is 0 Å². The summed E-state index contributed by atoms with van der Waals surface area (Å²) in [6.45, 7) is 3.62. The predicted molar refractivity (Wildman–Crippen MR) is 73.6 cm³/mol. The summed E-state index contributed by atoms with van der Waals surface area (Å²) >= 11 is 0. The molecule has 2 atom stereocenters. The molecule has 1 aromatic heterocycles. The van der Waals surface area contributed by atoms with Crippen LogP contribution in [0.3, 0.4) is 0 Å². The quantitative estimate of drug-likeness (QED) is 0.832. The van der Waals surface area contributed by atoms with Crippen LogP contribution in [-0.2, 0) is 0 Å². The Kier molecular flexibility index (Phi) is 3.91. The van der Waals surface area contributed by atoms with E-state index in [2.05, 4.69) is 21.7 Å². The Hall–Kier alpha value is -0.930. The Bertz CT molecular complexity index is 359. The first-order chi connectivity index (χ1) is 8.93. The monoisotopic (exact) mass is 245 g/mol. The van der Waals surface area contributed by atoms with Crippen LogP contribution in [0.15, 0.2) is 24.5 Å². The Balaban J connectivity index is 1.36. The molecule has 2 fully saturated rings. The number of piperidine rings is 1. The summed E-state index contributed by atoms with van der Waals surface area (Å²) in [7, 11) is 0. The van der Waals surface area contributed by atoms with E-state index >= 15 is 0 Å². The smallest absolute Gasteiger partial charge is 0.0303 e. The molecular weight excluding hydrogens is 222 g/mol. The van der Waals surface area contributed by atoms with Crippen molar-refractivity contribution in [3.8, 4) is 0 Å². The third-order valence-electron chi connectivity index (χ3n) is 4.32. The van der Waals surface area contributed by atoms with Gasteiger partial charge < -0.3 is 10.6 Å². The van der Waals surface area contributed by atoms with E-state index < -0.39 is 0 Å². The number of nitrogens with zero attached hydrogens (tertiary/aromatic N) is 1. The fraction of sp³-hybridized carbons (Fsp3) is 0.667.